The fraction of sp³-hybridized carbons (Fsp3) is 0.733. The Kier molecular flexibility index (Phi) is 7.80. The first-order valence-corrected chi connectivity index (χ1v) is 10.7. The van der Waals surface area contributed by atoms with E-state index in [1.165, 1.54) is 0 Å². The van der Waals surface area contributed by atoms with Gasteiger partial charge in [-0.05, 0) is 35.1 Å². The first-order chi connectivity index (χ1) is 8.15. The van der Waals surface area contributed by atoms with Crippen LogP contribution in [0.15, 0.2) is 10.2 Å². The predicted molar refractivity (Wildman–Crippen MR) is 92.5 cm³/mol. The van der Waals surface area contributed by atoms with Gasteiger partial charge in [0.25, 0.3) is 0 Å². The smallest absolute Gasteiger partial charge is 0.192 e. The van der Waals surface area contributed by atoms with Crippen LogP contribution < -0.4 is 0 Å². The molecule has 0 amide bonds. The van der Waals surface area contributed by atoms with Crippen molar-refractivity contribution in [2.45, 2.75) is 65.3 Å². The van der Waals surface area contributed by atoms with Crippen molar-refractivity contribution in [2.75, 3.05) is 0 Å². The monoisotopic (exact) mass is 378 g/mol. The fourth-order valence-corrected chi connectivity index (χ4v) is 3.07. The Bertz CT molecular complexity index is 331. The van der Waals surface area contributed by atoms with Gasteiger partial charge in [0.2, 0.25) is 0 Å². The Morgan fingerprint density at radius 2 is 1.89 bits per heavy atom. The van der Waals surface area contributed by atoms with E-state index in [1.54, 1.807) is 0 Å². The Balaban J connectivity index is 4.86. The summed E-state index contributed by atoms with van der Waals surface area (Å²) >= 11 is 2.26. The van der Waals surface area contributed by atoms with Crippen molar-refractivity contribution >= 4 is 30.9 Å². The van der Waals surface area contributed by atoms with Gasteiger partial charge in [0.05, 0.1) is 6.10 Å². The van der Waals surface area contributed by atoms with Gasteiger partial charge in [0.1, 0.15) is 0 Å². The average Bonchev–Trinajstić information content (AvgIpc) is 2.23. The minimum Gasteiger partial charge on any atom is -0.410 e. The lowest BCUT2D eigenvalue weighted by Gasteiger charge is -2.40. The molecule has 0 rings (SSSR count). The Hall–Kier alpha value is 0.207. The van der Waals surface area contributed by atoms with E-state index < -0.39 is 8.32 Å². The van der Waals surface area contributed by atoms with Crippen molar-refractivity contribution in [3.05, 3.63) is 10.2 Å². The second-order valence-corrected chi connectivity index (χ2v) is 11.7. The summed E-state index contributed by atoms with van der Waals surface area (Å²) in [6, 6.07) is 0. The van der Waals surface area contributed by atoms with E-state index in [2.05, 4.69) is 85.4 Å². The summed E-state index contributed by atoms with van der Waals surface area (Å²) in [5.41, 5.74) is 0. The van der Waals surface area contributed by atoms with Crippen molar-refractivity contribution < 1.29 is 4.43 Å². The molecule has 0 aliphatic carbocycles. The molecule has 2 atom stereocenters. The standard InChI is InChI=1S/C15H27IOSi/c1-8-9-10-13(2)14(11-12-16)17-18(6,7)15(3,4)5/h11-14H,10H2,1-7H3/b12-11+. The summed E-state index contributed by atoms with van der Waals surface area (Å²) in [5.74, 6) is 6.57. The maximum absolute atomic E-state index is 6.48. The minimum absolute atomic E-state index is 0.184. The molecule has 0 fully saturated rings. The van der Waals surface area contributed by atoms with Gasteiger partial charge in [-0.25, -0.2) is 0 Å². The van der Waals surface area contributed by atoms with Crippen molar-refractivity contribution in [3.63, 3.8) is 0 Å². The van der Waals surface area contributed by atoms with Crippen molar-refractivity contribution in [1.82, 2.24) is 0 Å². The Labute approximate surface area is 128 Å². The first-order valence-electron chi connectivity index (χ1n) is 6.50. The van der Waals surface area contributed by atoms with Crippen molar-refractivity contribution in [1.29, 1.82) is 0 Å². The maximum atomic E-state index is 6.48. The van der Waals surface area contributed by atoms with E-state index in [9.17, 15) is 0 Å². The molecule has 0 N–H and O–H groups in total. The molecule has 0 aliphatic heterocycles. The normalized spacial score (nSPS) is 16.2. The molecule has 0 saturated heterocycles. The van der Waals surface area contributed by atoms with Gasteiger partial charge in [-0.15, -0.1) is 11.8 Å². The van der Waals surface area contributed by atoms with Gasteiger partial charge in [-0.1, -0.05) is 56.4 Å². The van der Waals surface area contributed by atoms with Crippen LogP contribution in [-0.4, -0.2) is 14.4 Å². The molecule has 0 aromatic rings. The molecule has 0 spiro atoms. The predicted octanol–water partition coefficient (Wildman–Crippen LogP) is 5.38. The molecular weight excluding hydrogens is 351 g/mol. The summed E-state index contributed by atoms with van der Waals surface area (Å²) in [5, 5.41) is 0.251. The van der Waals surface area contributed by atoms with Crippen LogP contribution in [0.2, 0.25) is 18.1 Å². The summed E-state index contributed by atoms with van der Waals surface area (Å²) < 4.78 is 8.54. The number of halogens is 1. The van der Waals surface area contributed by atoms with Crippen LogP contribution in [0.3, 0.4) is 0 Å². The minimum atomic E-state index is -1.71. The molecular formula is C15H27IOSi. The Morgan fingerprint density at radius 1 is 1.33 bits per heavy atom. The number of hydrogen-bond donors (Lipinski definition) is 0. The van der Waals surface area contributed by atoms with Gasteiger partial charge in [0, 0.05) is 6.42 Å². The van der Waals surface area contributed by atoms with Crippen LogP contribution in [-0.2, 0) is 4.43 Å². The molecule has 104 valence electrons. The third kappa shape index (κ3) is 5.90. The van der Waals surface area contributed by atoms with Gasteiger partial charge >= 0.3 is 0 Å². The van der Waals surface area contributed by atoms with E-state index in [0.29, 0.717) is 5.92 Å². The molecule has 0 aromatic heterocycles. The summed E-state index contributed by atoms with van der Waals surface area (Å²) in [6.07, 6.45) is 3.25. The first kappa shape index (κ1) is 18.2. The molecule has 0 aliphatic rings. The van der Waals surface area contributed by atoms with E-state index in [-0.39, 0.29) is 11.1 Å². The highest BCUT2D eigenvalue weighted by Gasteiger charge is 2.39. The maximum Gasteiger partial charge on any atom is 0.192 e. The largest absolute Gasteiger partial charge is 0.410 e. The second kappa shape index (κ2) is 7.71. The lowest BCUT2D eigenvalue weighted by Crippen LogP contribution is -2.45. The molecule has 2 unspecified atom stereocenters. The summed E-state index contributed by atoms with van der Waals surface area (Å²) in [7, 11) is -1.71. The van der Waals surface area contributed by atoms with E-state index in [4.69, 9.17) is 4.43 Å². The van der Waals surface area contributed by atoms with Gasteiger partial charge < -0.3 is 4.43 Å². The van der Waals surface area contributed by atoms with Gasteiger partial charge in [-0.3, -0.25) is 0 Å². The van der Waals surface area contributed by atoms with Crippen molar-refractivity contribution in [3.8, 4) is 11.8 Å². The quantitative estimate of drug-likeness (QED) is 0.355. The SMILES string of the molecule is CC#CCC(C)C(/C=C/I)O[Si](C)(C)C(C)(C)C. The molecule has 0 bridgehead atoms. The Morgan fingerprint density at radius 3 is 2.28 bits per heavy atom. The molecule has 1 nitrogen and oxygen atoms in total. The molecule has 0 heterocycles. The van der Waals surface area contributed by atoms with Crippen LogP contribution in [0.25, 0.3) is 0 Å². The highest BCUT2D eigenvalue weighted by Crippen LogP contribution is 2.38. The van der Waals surface area contributed by atoms with Crippen LogP contribution in [0.4, 0.5) is 0 Å². The number of hydrogen-bond acceptors (Lipinski definition) is 1. The lowest BCUT2D eigenvalue weighted by atomic mass is 10.0. The molecule has 0 saturated carbocycles. The third-order valence-corrected chi connectivity index (χ3v) is 8.55. The molecule has 3 heteroatoms. The topological polar surface area (TPSA) is 9.23 Å². The zero-order chi connectivity index (χ0) is 14.4. The summed E-state index contributed by atoms with van der Waals surface area (Å²) in [4.78, 5) is 0. The van der Waals surface area contributed by atoms with Gasteiger partial charge in [-0.2, -0.15) is 0 Å². The fourth-order valence-electron chi connectivity index (χ4n) is 1.31. The number of rotatable bonds is 5. The molecule has 0 aromatic carbocycles. The van der Waals surface area contributed by atoms with Crippen LogP contribution in [0.1, 0.15) is 41.0 Å². The van der Waals surface area contributed by atoms with Crippen molar-refractivity contribution in [2.24, 2.45) is 5.92 Å². The zero-order valence-electron chi connectivity index (χ0n) is 12.8. The van der Waals surface area contributed by atoms with Crippen LogP contribution in [0, 0.1) is 17.8 Å². The van der Waals surface area contributed by atoms with E-state index in [1.807, 2.05) is 6.92 Å². The summed E-state index contributed by atoms with van der Waals surface area (Å²) in [6.45, 7) is 15.6. The molecule has 0 radical (unpaired) electrons. The zero-order valence-corrected chi connectivity index (χ0v) is 16.0. The van der Waals surface area contributed by atoms with Crippen LogP contribution in [0.5, 0.6) is 0 Å². The van der Waals surface area contributed by atoms with E-state index >= 15 is 0 Å². The third-order valence-electron chi connectivity index (χ3n) is 3.66. The molecule has 18 heavy (non-hydrogen) atoms. The van der Waals surface area contributed by atoms with E-state index in [0.717, 1.165) is 6.42 Å². The highest BCUT2D eigenvalue weighted by molar-refractivity contribution is 14.1. The lowest BCUT2D eigenvalue weighted by molar-refractivity contribution is 0.171. The average molecular weight is 378 g/mol. The second-order valence-electron chi connectivity index (χ2n) is 6.27. The van der Waals surface area contributed by atoms with Gasteiger partial charge in [0.15, 0.2) is 8.32 Å². The van der Waals surface area contributed by atoms with Crippen LogP contribution >= 0.6 is 22.6 Å². The highest BCUT2D eigenvalue weighted by atomic mass is 127.